The number of likely N-dealkylation sites (N-methyl/N-ethyl adjacent to an activating group) is 2. The van der Waals surface area contributed by atoms with E-state index in [0.29, 0.717) is 33.6 Å². The molecule has 0 unspecified atom stereocenters. The number of hydrogen-bond acceptors (Lipinski definition) is 7. The number of carbonyl (C=O) groups excluding carboxylic acids is 2. The van der Waals surface area contributed by atoms with Crippen LogP contribution in [0.3, 0.4) is 0 Å². The Morgan fingerprint density at radius 2 is 2.00 bits per heavy atom. The summed E-state index contributed by atoms with van der Waals surface area (Å²) in [6.45, 7) is 0.511. The number of anilines is 1. The summed E-state index contributed by atoms with van der Waals surface area (Å²) in [4.78, 5) is 38.2. The molecule has 178 valence electrons. The van der Waals surface area contributed by atoms with Crippen molar-refractivity contribution in [3.05, 3.63) is 83.8 Å². The minimum Gasteiger partial charge on any atom is -0.467 e. The van der Waals surface area contributed by atoms with Crippen molar-refractivity contribution >= 4 is 45.8 Å². The molecule has 1 aromatic carbocycles. The Morgan fingerprint density at radius 1 is 1.17 bits per heavy atom. The van der Waals surface area contributed by atoms with E-state index in [-0.39, 0.29) is 18.4 Å². The summed E-state index contributed by atoms with van der Waals surface area (Å²) in [5.74, 6) is -0.960. The molecule has 5 heterocycles. The van der Waals surface area contributed by atoms with Gasteiger partial charge >= 0.3 is 0 Å². The Hall–Kier alpha value is -3.08. The zero-order chi connectivity index (χ0) is 24.5. The van der Waals surface area contributed by atoms with Crippen molar-refractivity contribution in [3.63, 3.8) is 0 Å². The topological polar surface area (TPSA) is 69.9 Å². The van der Waals surface area contributed by atoms with E-state index in [9.17, 15) is 14.0 Å². The third-order valence-corrected chi connectivity index (χ3v) is 9.29. The van der Waals surface area contributed by atoms with E-state index < -0.39 is 22.0 Å². The fraction of sp³-hybridized carbons (Fsp3) is 0.280. The molecule has 0 aliphatic carbocycles. The number of thioether (sulfide) groups is 1. The van der Waals surface area contributed by atoms with Crippen molar-refractivity contribution in [2.75, 3.05) is 25.5 Å². The molecule has 10 heteroatoms. The number of amides is 2. The summed E-state index contributed by atoms with van der Waals surface area (Å²) in [5.41, 5.74) is 0.257. The maximum atomic E-state index is 14.7. The number of fused-ring (bicyclic) bond motifs is 3. The highest BCUT2D eigenvalue weighted by molar-refractivity contribution is 8.25. The van der Waals surface area contributed by atoms with Gasteiger partial charge in [0.15, 0.2) is 5.54 Å². The number of benzene rings is 1. The summed E-state index contributed by atoms with van der Waals surface area (Å²) in [7, 11) is 3.47. The normalized spacial score (nSPS) is 28.2. The quantitative estimate of drug-likeness (QED) is 0.502. The molecule has 3 aromatic rings. The van der Waals surface area contributed by atoms with E-state index in [1.807, 2.05) is 24.1 Å². The molecule has 0 saturated carbocycles. The van der Waals surface area contributed by atoms with Crippen molar-refractivity contribution in [2.24, 2.45) is 0 Å². The van der Waals surface area contributed by atoms with Gasteiger partial charge in [-0.3, -0.25) is 24.4 Å². The number of pyridine rings is 1. The van der Waals surface area contributed by atoms with Gasteiger partial charge in [0.2, 0.25) is 5.91 Å². The van der Waals surface area contributed by atoms with Gasteiger partial charge in [-0.1, -0.05) is 30.0 Å². The molecule has 6 rings (SSSR count). The minimum absolute atomic E-state index is 0.147. The van der Waals surface area contributed by atoms with E-state index in [1.54, 1.807) is 37.5 Å². The first-order chi connectivity index (χ1) is 16.8. The SMILES string of the molecule is CN1C(=O)[C@]2(c3cc(F)ccc31)N(C)C[C@@H](c1ccccn1)[C@]21SC(=S)N(Cc2ccco2)C1=O. The molecule has 7 nitrogen and oxygen atoms in total. The highest BCUT2D eigenvalue weighted by Gasteiger charge is 2.78. The second kappa shape index (κ2) is 7.71. The lowest BCUT2D eigenvalue weighted by atomic mass is 9.72. The van der Waals surface area contributed by atoms with Crippen LogP contribution in [-0.2, 0) is 21.7 Å². The molecule has 2 amide bonds. The third-order valence-electron chi connectivity index (χ3n) is 7.35. The lowest BCUT2D eigenvalue weighted by molar-refractivity contribution is -0.139. The zero-order valence-electron chi connectivity index (χ0n) is 19.0. The smallest absolute Gasteiger partial charge is 0.254 e. The van der Waals surface area contributed by atoms with Gasteiger partial charge in [-0.25, -0.2) is 4.39 Å². The van der Waals surface area contributed by atoms with Crippen LogP contribution in [0.25, 0.3) is 0 Å². The Morgan fingerprint density at radius 3 is 2.71 bits per heavy atom. The Labute approximate surface area is 210 Å². The molecular formula is C25H21FN4O3S2. The first-order valence-electron chi connectivity index (χ1n) is 11.1. The van der Waals surface area contributed by atoms with Crippen LogP contribution < -0.4 is 4.90 Å². The molecule has 0 N–H and O–H groups in total. The van der Waals surface area contributed by atoms with Gasteiger partial charge in [-0.15, -0.1) is 0 Å². The Balaban J connectivity index is 1.62. The van der Waals surface area contributed by atoms with Crippen molar-refractivity contribution < 1.29 is 18.4 Å². The van der Waals surface area contributed by atoms with Gasteiger partial charge in [-0.2, -0.15) is 0 Å². The predicted octanol–water partition coefficient (Wildman–Crippen LogP) is 3.51. The highest BCUT2D eigenvalue weighted by Crippen LogP contribution is 2.66. The maximum absolute atomic E-state index is 14.7. The molecule has 35 heavy (non-hydrogen) atoms. The van der Waals surface area contributed by atoms with E-state index >= 15 is 0 Å². The van der Waals surface area contributed by atoms with Crippen molar-refractivity contribution in [1.29, 1.82) is 0 Å². The average Bonchev–Trinajstić information content (AvgIpc) is 3.57. The van der Waals surface area contributed by atoms with Crippen LogP contribution in [0.4, 0.5) is 10.1 Å². The van der Waals surface area contributed by atoms with E-state index in [4.69, 9.17) is 16.6 Å². The number of nitrogens with zero attached hydrogens (tertiary/aromatic N) is 4. The van der Waals surface area contributed by atoms with E-state index in [1.165, 1.54) is 40.0 Å². The number of rotatable bonds is 3. The van der Waals surface area contributed by atoms with Gasteiger partial charge in [0.05, 0.1) is 12.8 Å². The number of furan rings is 1. The fourth-order valence-corrected chi connectivity index (χ4v) is 8.02. The van der Waals surface area contributed by atoms with Crippen LogP contribution in [0.2, 0.25) is 0 Å². The number of halogens is 1. The molecule has 2 aromatic heterocycles. The molecule has 0 bridgehead atoms. The van der Waals surface area contributed by atoms with Gasteiger partial charge < -0.3 is 9.32 Å². The second-order valence-corrected chi connectivity index (χ2v) is 10.9. The molecule has 3 aliphatic rings. The van der Waals surface area contributed by atoms with Gasteiger partial charge in [-0.05, 0) is 49.5 Å². The second-order valence-electron chi connectivity index (χ2n) is 9.00. The Kier molecular flexibility index (Phi) is 4.93. The Bertz CT molecular complexity index is 1370. The first-order valence-corrected chi connectivity index (χ1v) is 12.3. The minimum atomic E-state index is -1.47. The van der Waals surface area contributed by atoms with Crippen LogP contribution in [0.5, 0.6) is 0 Å². The molecule has 2 saturated heterocycles. The zero-order valence-corrected chi connectivity index (χ0v) is 20.6. The molecule has 2 fully saturated rings. The van der Waals surface area contributed by atoms with Crippen molar-refractivity contribution in [3.8, 4) is 0 Å². The monoisotopic (exact) mass is 508 g/mol. The van der Waals surface area contributed by atoms with Crippen molar-refractivity contribution in [2.45, 2.75) is 22.7 Å². The summed E-state index contributed by atoms with van der Waals surface area (Å²) < 4.78 is 19.1. The lowest BCUT2D eigenvalue weighted by Crippen LogP contribution is -2.62. The van der Waals surface area contributed by atoms with Gasteiger partial charge in [0, 0.05) is 42.7 Å². The largest absolute Gasteiger partial charge is 0.467 e. The van der Waals surface area contributed by atoms with Crippen LogP contribution in [0.1, 0.15) is 22.9 Å². The van der Waals surface area contributed by atoms with Crippen LogP contribution in [0, 0.1) is 5.82 Å². The predicted molar refractivity (Wildman–Crippen MR) is 133 cm³/mol. The number of likely N-dealkylation sites (tertiary alicyclic amines) is 1. The molecule has 2 spiro atoms. The van der Waals surface area contributed by atoms with Gasteiger partial charge in [0.1, 0.15) is 20.6 Å². The summed E-state index contributed by atoms with van der Waals surface area (Å²) in [6, 6.07) is 13.4. The summed E-state index contributed by atoms with van der Waals surface area (Å²) >= 11 is 6.95. The third kappa shape index (κ3) is 2.75. The first kappa shape index (κ1) is 22.4. The lowest BCUT2D eigenvalue weighted by Gasteiger charge is -2.42. The van der Waals surface area contributed by atoms with Crippen LogP contribution >= 0.6 is 24.0 Å². The summed E-state index contributed by atoms with van der Waals surface area (Å²) in [5, 5.41) is 0. The van der Waals surface area contributed by atoms with Crippen LogP contribution in [0.15, 0.2) is 65.4 Å². The molecule has 0 radical (unpaired) electrons. The molecule has 3 atom stereocenters. The number of carbonyl (C=O) groups is 2. The number of aromatic nitrogens is 1. The van der Waals surface area contributed by atoms with E-state index in [0.717, 1.165) is 0 Å². The summed E-state index contributed by atoms with van der Waals surface area (Å²) in [6.07, 6.45) is 3.21. The number of thiocarbonyl (C=S) groups is 1. The molecule has 3 aliphatic heterocycles. The number of hydrogen-bond donors (Lipinski definition) is 0. The molecular weight excluding hydrogens is 487 g/mol. The van der Waals surface area contributed by atoms with Crippen LogP contribution in [-0.4, -0.2) is 56.3 Å². The highest BCUT2D eigenvalue weighted by atomic mass is 32.2. The van der Waals surface area contributed by atoms with E-state index in [2.05, 4.69) is 4.98 Å². The maximum Gasteiger partial charge on any atom is 0.254 e. The standard InChI is InChI=1S/C25H21FN4O3S2/c1-28-14-18(19-7-3-4-10-27-19)25(22(32)30(23(34)35-25)13-16-6-5-11-33-16)24(28)17-12-15(26)8-9-20(17)29(2)21(24)31/h3-12,18H,13-14H2,1-2H3/t18-,24-,25+/m0/s1. The average molecular weight is 509 g/mol. The van der Waals surface area contributed by atoms with Crippen molar-refractivity contribution in [1.82, 2.24) is 14.8 Å². The van der Waals surface area contributed by atoms with Gasteiger partial charge in [0.25, 0.3) is 5.91 Å². The fourth-order valence-electron chi connectivity index (χ4n) is 5.91.